The summed E-state index contributed by atoms with van der Waals surface area (Å²) in [7, 11) is -9.90. The van der Waals surface area contributed by atoms with Crippen LogP contribution >= 0.6 is 15.6 Å². The maximum Gasteiger partial charge on any atom is 0.472 e. The van der Waals surface area contributed by atoms with Gasteiger partial charge in [-0.05, 0) is 37.5 Å². The molecule has 2 unspecified atom stereocenters. The Balaban J connectivity index is 5.20. The number of carbonyl (C=O) groups excluding carboxylic acids is 4. The first-order valence-electron chi connectivity index (χ1n) is 38.0. The minimum absolute atomic E-state index is 0.107. The number of ether oxygens (including phenoxy) is 4. The fourth-order valence-corrected chi connectivity index (χ4v) is 12.7. The van der Waals surface area contributed by atoms with E-state index in [2.05, 4.69) is 41.5 Å². The van der Waals surface area contributed by atoms with Crippen molar-refractivity contribution in [3.05, 3.63) is 0 Å². The second-order valence-corrected chi connectivity index (χ2v) is 30.2. The molecule has 0 saturated carbocycles. The average molecular weight is 1350 g/mol. The molecule has 17 nitrogen and oxygen atoms in total. The van der Waals surface area contributed by atoms with Gasteiger partial charge in [0.1, 0.15) is 19.3 Å². The Morgan fingerprint density at radius 1 is 0.293 bits per heavy atom. The van der Waals surface area contributed by atoms with Crippen molar-refractivity contribution in [1.29, 1.82) is 0 Å². The van der Waals surface area contributed by atoms with Crippen molar-refractivity contribution < 1.29 is 80.2 Å². The summed E-state index contributed by atoms with van der Waals surface area (Å²) in [5.41, 5.74) is 0. The molecule has 0 aromatic heterocycles. The summed E-state index contributed by atoms with van der Waals surface area (Å²) in [5.74, 6) is -0.545. The Morgan fingerprint density at radius 2 is 0.500 bits per heavy atom. The molecule has 0 aliphatic carbocycles. The highest BCUT2D eigenvalue weighted by atomic mass is 31.2. The van der Waals surface area contributed by atoms with Crippen molar-refractivity contribution in [2.45, 2.75) is 394 Å². The predicted octanol–water partition coefficient (Wildman–Crippen LogP) is 21.2. The van der Waals surface area contributed by atoms with Crippen LogP contribution in [0.1, 0.15) is 375 Å². The summed E-state index contributed by atoms with van der Waals surface area (Å²) in [4.78, 5) is 72.6. The summed E-state index contributed by atoms with van der Waals surface area (Å²) in [6.45, 7) is 9.57. The van der Waals surface area contributed by atoms with Crippen molar-refractivity contribution in [1.82, 2.24) is 0 Å². The number of carbonyl (C=O) groups is 4. The molecule has 546 valence electrons. The highest BCUT2D eigenvalue weighted by Crippen LogP contribution is 2.45. The van der Waals surface area contributed by atoms with Gasteiger partial charge in [-0.1, -0.05) is 324 Å². The van der Waals surface area contributed by atoms with E-state index in [-0.39, 0.29) is 25.7 Å². The lowest BCUT2D eigenvalue weighted by molar-refractivity contribution is -0.161. The third-order valence-corrected chi connectivity index (χ3v) is 18.9. The van der Waals surface area contributed by atoms with E-state index in [4.69, 9.17) is 37.0 Å². The summed E-state index contributed by atoms with van der Waals surface area (Å²) in [6.07, 6.45) is 51.3. The van der Waals surface area contributed by atoms with Gasteiger partial charge in [0.15, 0.2) is 12.2 Å². The molecule has 0 bridgehead atoms. The van der Waals surface area contributed by atoms with Gasteiger partial charge >= 0.3 is 39.5 Å². The van der Waals surface area contributed by atoms with Crippen molar-refractivity contribution in [3.8, 4) is 0 Å². The Labute approximate surface area is 562 Å². The molecule has 19 heteroatoms. The Bertz CT molecular complexity index is 1790. The van der Waals surface area contributed by atoms with Gasteiger partial charge in [0, 0.05) is 25.7 Å². The summed E-state index contributed by atoms with van der Waals surface area (Å²) >= 11 is 0. The van der Waals surface area contributed by atoms with Crippen LogP contribution < -0.4 is 0 Å². The molecule has 5 atom stereocenters. The number of esters is 4. The smallest absolute Gasteiger partial charge is 0.462 e. The second-order valence-electron chi connectivity index (χ2n) is 27.3. The largest absolute Gasteiger partial charge is 0.472 e. The van der Waals surface area contributed by atoms with Gasteiger partial charge in [-0.15, -0.1) is 0 Å². The molecule has 92 heavy (non-hydrogen) atoms. The second kappa shape index (κ2) is 65.0. The van der Waals surface area contributed by atoms with Crippen LogP contribution in [-0.4, -0.2) is 96.7 Å². The normalized spacial score (nSPS) is 14.1. The molecule has 3 N–H and O–H groups in total. The first-order chi connectivity index (χ1) is 44.4. The SMILES string of the molecule is CCCCCCCCCCCCCCCC(=O)O[C@H](COC(=O)CCCCCCCCC)COP(=O)(O)OC[C@H](O)COP(=O)(O)OC[C@@H](COC(=O)CCCCCCCCCCCCCCCC(C)C)OC(=O)CCCCCCCCCCCCCCCC(C)C. The number of hydrogen-bond acceptors (Lipinski definition) is 15. The number of rotatable bonds is 72. The molecular formula is C73H142O17P2. The zero-order valence-electron chi connectivity index (χ0n) is 59.9. The van der Waals surface area contributed by atoms with Crippen LogP contribution in [0.5, 0.6) is 0 Å². The Morgan fingerprint density at radius 3 is 0.739 bits per heavy atom. The van der Waals surface area contributed by atoms with Gasteiger partial charge in [0.05, 0.1) is 26.4 Å². The minimum atomic E-state index is -4.95. The van der Waals surface area contributed by atoms with Gasteiger partial charge in [0.25, 0.3) is 0 Å². The highest BCUT2D eigenvalue weighted by Gasteiger charge is 2.30. The van der Waals surface area contributed by atoms with Gasteiger partial charge < -0.3 is 33.8 Å². The number of aliphatic hydroxyl groups is 1. The maximum absolute atomic E-state index is 13.1. The van der Waals surface area contributed by atoms with Crippen LogP contribution in [0.4, 0.5) is 0 Å². The lowest BCUT2D eigenvalue weighted by Gasteiger charge is -2.21. The minimum Gasteiger partial charge on any atom is -0.462 e. The van der Waals surface area contributed by atoms with Gasteiger partial charge in [-0.3, -0.25) is 37.3 Å². The fraction of sp³-hybridized carbons (Fsp3) is 0.945. The lowest BCUT2D eigenvalue weighted by Crippen LogP contribution is -2.30. The molecule has 0 aliphatic rings. The van der Waals surface area contributed by atoms with Crippen LogP contribution in [0.2, 0.25) is 0 Å². The maximum atomic E-state index is 13.1. The van der Waals surface area contributed by atoms with Crippen LogP contribution in [0.3, 0.4) is 0 Å². The van der Waals surface area contributed by atoms with E-state index in [0.29, 0.717) is 25.7 Å². The molecule has 0 fully saturated rings. The zero-order chi connectivity index (χ0) is 67.9. The monoisotopic (exact) mass is 1350 g/mol. The molecule has 0 rings (SSSR count). The molecule has 0 spiro atoms. The van der Waals surface area contributed by atoms with Crippen LogP contribution in [0.25, 0.3) is 0 Å². The first-order valence-corrected chi connectivity index (χ1v) is 41.0. The third kappa shape index (κ3) is 66.7. The van der Waals surface area contributed by atoms with Crippen LogP contribution in [0, 0.1) is 11.8 Å². The molecule has 0 aliphatic heterocycles. The van der Waals surface area contributed by atoms with Crippen molar-refractivity contribution >= 4 is 39.5 Å². The van der Waals surface area contributed by atoms with Gasteiger partial charge in [0.2, 0.25) is 0 Å². The standard InChI is InChI=1S/C73H142O17P2/c1-7-9-11-13-15-16-17-20-28-33-39-45-51-57-72(77)89-68(61-83-70(75)55-49-43-35-14-12-10-8-2)63-87-91(79,80)85-59-67(74)60-86-92(81,82)88-64-69(90-73(78)58-52-46-40-34-29-24-19-22-26-31-37-42-48-54-66(5)6)62-84-71(76)56-50-44-38-32-27-23-18-21-25-30-36-41-47-53-65(3)4/h65-69,74H,7-64H2,1-6H3,(H,79,80)(H,81,82)/t67-,68+,69+/m0/s1. The molecule has 0 radical (unpaired) electrons. The molecule has 0 saturated heterocycles. The number of hydrogen-bond donors (Lipinski definition) is 3. The van der Waals surface area contributed by atoms with E-state index in [1.165, 1.54) is 180 Å². The summed E-state index contributed by atoms with van der Waals surface area (Å²) in [6, 6.07) is 0. The van der Waals surface area contributed by atoms with Crippen molar-refractivity contribution in [2.75, 3.05) is 39.6 Å². The van der Waals surface area contributed by atoms with E-state index >= 15 is 0 Å². The van der Waals surface area contributed by atoms with Gasteiger partial charge in [-0.2, -0.15) is 0 Å². The Kier molecular flexibility index (Phi) is 63.7. The average Bonchev–Trinajstić information content (AvgIpc) is 2.33. The van der Waals surface area contributed by atoms with Crippen molar-refractivity contribution in [2.24, 2.45) is 11.8 Å². The van der Waals surface area contributed by atoms with E-state index in [1.807, 2.05) is 0 Å². The molecule has 0 heterocycles. The van der Waals surface area contributed by atoms with E-state index in [9.17, 15) is 43.2 Å². The first kappa shape index (κ1) is 90.1. The molecular weight excluding hydrogens is 1210 g/mol. The number of unbranched alkanes of at least 4 members (excludes halogenated alkanes) is 42. The van der Waals surface area contributed by atoms with Crippen LogP contribution in [0.15, 0.2) is 0 Å². The highest BCUT2D eigenvalue weighted by molar-refractivity contribution is 7.47. The van der Waals surface area contributed by atoms with Gasteiger partial charge in [-0.25, -0.2) is 9.13 Å². The van der Waals surface area contributed by atoms with E-state index in [0.717, 1.165) is 115 Å². The van der Waals surface area contributed by atoms with E-state index < -0.39 is 97.5 Å². The number of phosphoric ester groups is 2. The zero-order valence-corrected chi connectivity index (χ0v) is 61.6. The van der Waals surface area contributed by atoms with Crippen molar-refractivity contribution in [3.63, 3.8) is 0 Å². The molecule has 0 amide bonds. The predicted molar refractivity (Wildman–Crippen MR) is 372 cm³/mol. The summed E-state index contributed by atoms with van der Waals surface area (Å²) < 4.78 is 68.3. The quantitative estimate of drug-likeness (QED) is 0.0222. The number of aliphatic hydroxyl groups excluding tert-OH is 1. The molecule has 0 aromatic rings. The summed E-state index contributed by atoms with van der Waals surface area (Å²) in [5, 5.41) is 10.6. The van der Waals surface area contributed by atoms with E-state index in [1.54, 1.807) is 0 Å². The molecule has 0 aromatic carbocycles. The lowest BCUT2D eigenvalue weighted by atomic mass is 10.0. The number of phosphoric acid groups is 2. The third-order valence-electron chi connectivity index (χ3n) is 17.0. The fourth-order valence-electron chi connectivity index (χ4n) is 11.1. The van der Waals surface area contributed by atoms with Crippen LogP contribution in [-0.2, 0) is 65.4 Å². The topological polar surface area (TPSA) is 237 Å². The Hall–Kier alpha value is -1.94.